The van der Waals surface area contributed by atoms with E-state index >= 15 is 0 Å². The first-order chi connectivity index (χ1) is 5.20. The zero-order valence-corrected chi connectivity index (χ0v) is 9.25. The molecule has 0 bridgehead atoms. The van der Waals surface area contributed by atoms with E-state index in [2.05, 4.69) is 58.5 Å². The summed E-state index contributed by atoms with van der Waals surface area (Å²) in [5.74, 6) is 0. The third-order valence-corrected chi connectivity index (χ3v) is 1.65. The van der Waals surface area contributed by atoms with Crippen molar-refractivity contribution < 1.29 is 4.74 Å². The summed E-state index contributed by atoms with van der Waals surface area (Å²) in [4.78, 5) is 0. The van der Waals surface area contributed by atoms with E-state index in [9.17, 15) is 0 Å². The normalized spacial score (nSPS) is 8.36. The molecule has 1 aromatic carbocycles. The highest BCUT2D eigenvalue weighted by Crippen LogP contribution is 2.05. The van der Waals surface area contributed by atoms with Crippen LogP contribution in [0.3, 0.4) is 0 Å². The maximum atomic E-state index is 4.25. The van der Waals surface area contributed by atoms with E-state index in [-0.39, 0.29) is 0 Å². The van der Waals surface area contributed by atoms with Crippen LogP contribution in [0.4, 0.5) is 0 Å². The van der Waals surface area contributed by atoms with Gasteiger partial charge < -0.3 is 4.74 Å². The lowest BCUT2D eigenvalue weighted by molar-refractivity contribution is 0.277. The molecule has 11 heavy (non-hydrogen) atoms. The van der Waals surface area contributed by atoms with Crippen LogP contribution in [-0.4, -0.2) is 14.2 Å². The van der Waals surface area contributed by atoms with Crippen LogP contribution in [-0.2, 0) is 4.74 Å². The van der Waals surface area contributed by atoms with Gasteiger partial charge in [-0.05, 0) is 41.6 Å². The molecule has 1 nitrogen and oxygen atoms in total. The molecule has 0 aliphatic carbocycles. The van der Waals surface area contributed by atoms with Crippen LogP contribution < -0.4 is 0 Å². The van der Waals surface area contributed by atoms with E-state index in [0.29, 0.717) is 0 Å². The fourth-order valence-electron chi connectivity index (χ4n) is 0.606. The number of hydrogen-bond acceptors (Lipinski definition) is 1. The largest absolute Gasteiger partial charge is 0.388 e. The molecule has 0 saturated carbocycles. The van der Waals surface area contributed by atoms with Gasteiger partial charge >= 0.3 is 0 Å². The van der Waals surface area contributed by atoms with Crippen molar-refractivity contribution in [3.8, 4) is 0 Å². The average Bonchev–Trinajstić information content (AvgIpc) is 1.88. The summed E-state index contributed by atoms with van der Waals surface area (Å²) >= 11 is 2.31. The second kappa shape index (κ2) is 6.61. The molecule has 0 aromatic heterocycles. The Hall–Kier alpha value is -0.0900. The Balaban J connectivity index is 0.000000292. The van der Waals surface area contributed by atoms with Gasteiger partial charge in [-0.1, -0.05) is 17.7 Å². The predicted molar refractivity (Wildman–Crippen MR) is 56.8 cm³/mol. The SMILES string of the molecule is COC.Cc1cccc(I)c1. The maximum absolute atomic E-state index is 4.25. The van der Waals surface area contributed by atoms with Crippen molar-refractivity contribution >= 4 is 22.6 Å². The minimum absolute atomic E-state index is 1.31. The summed E-state index contributed by atoms with van der Waals surface area (Å²) in [6, 6.07) is 8.41. The van der Waals surface area contributed by atoms with Crippen molar-refractivity contribution in [2.24, 2.45) is 0 Å². The van der Waals surface area contributed by atoms with Crippen molar-refractivity contribution in [3.05, 3.63) is 33.4 Å². The molecule has 0 N–H and O–H groups in total. The molecular formula is C9H13IO. The van der Waals surface area contributed by atoms with Gasteiger partial charge in [-0.2, -0.15) is 0 Å². The van der Waals surface area contributed by atoms with Crippen molar-refractivity contribution in [1.29, 1.82) is 0 Å². The van der Waals surface area contributed by atoms with E-state index in [1.807, 2.05) is 0 Å². The molecule has 0 saturated heterocycles. The van der Waals surface area contributed by atoms with E-state index in [1.54, 1.807) is 14.2 Å². The van der Waals surface area contributed by atoms with E-state index < -0.39 is 0 Å². The lowest BCUT2D eigenvalue weighted by Crippen LogP contribution is -1.70. The molecule has 0 fully saturated rings. The molecule has 2 heteroatoms. The van der Waals surface area contributed by atoms with E-state index in [4.69, 9.17) is 0 Å². The fraction of sp³-hybridized carbons (Fsp3) is 0.333. The van der Waals surface area contributed by atoms with Crippen LogP contribution in [0, 0.1) is 10.5 Å². The molecule has 0 aliphatic heterocycles. The Labute approximate surface area is 81.9 Å². The van der Waals surface area contributed by atoms with Crippen molar-refractivity contribution in [2.75, 3.05) is 14.2 Å². The third-order valence-electron chi connectivity index (χ3n) is 0.980. The number of ether oxygens (including phenoxy) is 1. The van der Waals surface area contributed by atoms with Crippen molar-refractivity contribution in [3.63, 3.8) is 0 Å². The van der Waals surface area contributed by atoms with Gasteiger partial charge in [0.05, 0.1) is 0 Å². The summed E-state index contributed by atoms with van der Waals surface area (Å²) < 4.78 is 5.56. The van der Waals surface area contributed by atoms with Gasteiger partial charge in [-0.25, -0.2) is 0 Å². The van der Waals surface area contributed by atoms with Gasteiger partial charge in [0.15, 0.2) is 0 Å². The molecule has 1 aromatic rings. The lowest BCUT2D eigenvalue weighted by Gasteiger charge is -1.89. The summed E-state index contributed by atoms with van der Waals surface area (Å²) in [5, 5.41) is 0. The Morgan fingerprint density at radius 1 is 1.27 bits per heavy atom. The highest BCUT2D eigenvalue weighted by Gasteiger charge is 1.82. The first kappa shape index (κ1) is 10.9. The topological polar surface area (TPSA) is 9.23 Å². The first-order valence-electron chi connectivity index (χ1n) is 3.33. The Kier molecular flexibility index (Phi) is 6.56. The first-order valence-corrected chi connectivity index (χ1v) is 4.41. The monoisotopic (exact) mass is 264 g/mol. The quantitative estimate of drug-likeness (QED) is 0.655. The van der Waals surface area contributed by atoms with Crippen molar-refractivity contribution in [2.45, 2.75) is 6.92 Å². The van der Waals surface area contributed by atoms with Gasteiger partial charge in [-0.3, -0.25) is 0 Å². The third kappa shape index (κ3) is 6.31. The number of rotatable bonds is 0. The number of hydrogen-bond donors (Lipinski definition) is 0. The molecule has 0 aliphatic rings. The average molecular weight is 264 g/mol. The van der Waals surface area contributed by atoms with Crippen LogP contribution in [0.15, 0.2) is 24.3 Å². The molecule has 0 atom stereocenters. The molecule has 0 unspecified atom stereocenters. The summed E-state index contributed by atoms with van der Waals surface area (Å²) in [5.41, 5.74) is 1.33. The smallest absolute Gasteiger partial charge is 0.0351 e. The van der Waals surface area contributed by atoms with Crippen LogP contribution >= 0.6 is 22.6 Å². The summed E-state index contributed by atoms with van der Waals surface area (Å²) in [6.07, 6.45) is 0. The fourth-order valence-corrected chi connectivity index (χ4v) is 1.30. The number of aryl methyl sites for hydroxylation is 1. The van der Waals surface area contributed by atoms with E-state index in [0.717, 1.165) is 0 Å². The molecular weight excluding hydrogens is 251 g/mol. The van der Waals surface area contributed by atoms with Crippen LogP contribution in [0.2, 0.25) is 0 Å². The Bertz CT molecular complexity index is 181. The maximum Gasteiger partial charge on any atom is 0.0351 e. The van der Waals surface area contributed by atoms with E-state index in [1.165, 1.54) is 9.13 Å². The highest BCUT2D eigenvalue weighted by atomic mass is 127. The summed E-state index contributed by atoms with van der Waals surface area (Å²) in [6.45, 7) is 2.10. The molecule has 0 amide bonds. The minimum Gasteiger partial charge on any atom is -0.388 e. The van der Waals surface area contributed by atoms with Crippen molar-refractivity contribution in [1.82, 2.24) is 0 Å². The summed E-state index contributed by atoms with van der Waals surface area (Å²) in [7, 11) is 3.25. The highest BCUT2D eigenvalue weighted by molar-refractivity contribution is 14.1. The lowest BCUT2D eigenvalue weighted by atomic mass is 10.2. The van der Waals surface area contributed by atoms with Crippen LogP contribution in [0.5, 0.6) is 0 Å². The predicted octanol–water partition coefficient (Wildman–Crippen LogP) is 2.86. The Morgan fingerprint density at radius 3 is 2.09 bits per heavy atom. The number of benzene rings is 1. The van der Waals surface area contributed by atoms with Gasteiger partial charge in [-0.15, -0.1) is 0 Å². The zero-order valence-electron chi connectivity index (χ0n) is 7.10. The second-order valence-electron chi connectivity index (χ2n) is 2.21. The number of halogens is 1. The molecule has 1 rings (SSSR count). The molecule has 0 spiro atoms. The van der Waals surface area contributed by atoms with Gasteiger partial charge in [0, 0.05) is 17.8 Å². The van der Waals surface area contributed by atoms with Crippen LogP contribution in [0.1, 0.15) is 5.56 Å². The van der Waals surface area contributed by atoms with Crippen LogP contribution in [0.25, 0.3) is 0 Å². The molecule has 0 radical (unpaired) electrons. The second-order valence-corrected chi connectivity index (χ2v) is 3.45. The molecule has 0 heterocycles. The van der Waals surface area contributed by atoms with Gasteiger partial charge in [0.25, 0.3) is 0 Å². The minimum atomic E-state index is 1.31. The zero-order chi connectivity index (χ0) is 8.69. The van der Waals surface area contributed by atoms with Gasteiger partial charge in [0.2, 0.25) is 0 Å². The van der Waals surface area contributed by atoms with Gasteiger partial charge in [0.1, 0.15) is 0 Å². The molecule has 62 valence electrons. The standard InChI is InChI=1S/C7H7I.C2H6O/c1-6-3-2-4-7(8)5-6;1-3-2/h2-5H,1H3;1-2H3. The number of methoxy groups -OCH3 is 1. The Morgan fingerprint density at radius 2 is 1.82 bits per heavy atom.